The highest BCUT2D eigenvalue weighted by molar-refractivity contribution is 7.08. The molecule has 28 heavy (non-hydrogen) atoms. The molecule has 0 bridgehead atoms. The van der Waals surface area contributed by atoms with Crippen molar-refractivity contribution in [1.29, 1.82) is 0 Å². The molecule has 3 nitrogen and oxygen atoms in total. The van der Waals surface area contributed by atoms with E-state index < -0.39 is 0 Å². The Balaban J connectivity index is 1.58. The molecule has 1 aromatic heterocycles. The first-order valence-electron chi connectivity index (χ1n) is 9.96. The third-order valence-electron chi connectivity index (χ3n) is 5.77. The van der Waals surface area contributed by atoms with Crippen molar-refractivity contribution in [2.45, 2.75) is 38.5 Å². The van der Waals surface area contributed by atoms with E-state index in [0.29, 0.717) is 17.8 Å². The maximum atomic E-state index is 10.1. The lowest BCUT2D eigenvalue weighted by atomic mass is 9.95. The van der Waals surface area contributed by atoms with Crippen LogP contribution in [0.3, 0.4) is 0 Å². The van der Waals surface area contributed by atoms with Gasteiger partial charge in [0.25, 0.3) is 0 Å². The quantitative estimate of drug-likeness (QED) is 0.651. The number of phenols is 1. The lowest BCUT2D eigenvalue weighted by Gasteiger charge is -2.47. The molecular formula is C24H28N2OS. The van der Waals surface area contributed by atoms with Crippen molar-refractivity contribution in [3.05, 3.63) is 88.1 Å². The SMILES string of the molecule is C[C@@H]1CN(C(c2ccsc2)c2cccc(O)c2)[C@@H](C)CN1Cc1ccccc1. The van der Waals surface area contributed by atoms with Crippen LogP contribution in [0.1, 0.15) is 36.6 Å². The summed E-state index contributed by atoms with van der Waals surface area (Å²) < 4.78 is 0. The number of hydrogen-bond donors (Lipinski definition) is 1. The molecule has 2 aromatic carbocycles. The van der Waals surface area contributed by atoms with Crippen LogP contribution in [0.2, 0.25) is 0 Å². The van der Waals surface area contributed by atoms with Gasteiger partial charge in [0.15, 0.2) is 0 Å². The van der Waals surface area contributed by atoms with E-state index in [9.17, 15) is 5.11 Å². The van der Waals surface area contributed by atoms with Crippen molar-refractivity contribution in [2.24, 2.45) is 0 Å². The first-order valence-corrected chi connectivity index (χ1v) is 10.9. The Morgan fingerprint density at radius 2 is 1.79 bits per heavy atom. The predicted molar refractivity (Wildman–Crippen MR) is 117 cm³/mol. The summed E-state index contributed by atoms with van der Waals surface area (Å²) in [7, 11) is 0. The number of thiophene rings is 1. The van der Waals surface area contributed by atoms with E-state index in [1.165, 1.54) is 11.1 Å². The largest absolute Gasteiger partial charge is 0.508 e. The number of hydrogen-bond acceptors (Lipinski definition) is 4. The minimum Gasteiger partial charge on any atom is -0.508 e. The summed E-state index contributed by atoms with van der Waals surface area (Å²) in [6.45, 7) is 7.69. The maximum Gasteiger partial charge on any atom is 0.115 e. The van der Waals surface area contributed by atoms with Crippen molar-refractivity contribution < 1.29 is 5.11 Å². The predicted octanol–water partition coefficient (Wildman–Crippen LogP) is 5.14. The zero-order valence-corrected chi connectivity index (χ0v) is 17.3. The number of nitrogens with zero attached hydrogens (tertiary/aromatic N) is 2. The van der Waals surface area contributed by atoms with Gasteiger partial charge in [0.2, 0.25) is 0 Å². The van der Waals surface area contributed by atoms with Gasteiger partial charge in [0.1, 0.15) is 5.75 Å². The molecule has 4 rings (SSSR count). The summed E-state index contributed by atoms with van der Waals surface area (Å²) in [6, 6.07) is 21.8. The molecule has 1 fully saturated rings. The van der Waals surface area contributed by atoms with Gasteiger partial charge < -0.3 is 5.11 Å². The van der Waals surface area contributed by atoms with Gasteiger partial charge in [-0.3, -0.25) is 9.80 Å². The molecule has 4 heteroatoms. The minimum absolute atomic E-state index is 0.176. The van der Waals surface area contributed by atoms with Crippen LogP contribution in [-0.4, -0.2) is 40.1 Å². The molecule has 1 N–H and O–H groups in total. The van der Waals surface area contributed by atoms with E-state index in [0.717, 1.165) is 25.2 Å². The van der Waals surface area contributed by atoms with Gasteiger partial charge in [-0.05, 0) is 59.5 Å². The number of aromatic hydroxyl groups is 1. The standard InChI is InChI=1S/C24H28N2OS/c1-18-15-26(19(2)14-25(18)16-20-7-4-3-5-8-20)24(22-11-12-28-17-22)21-9-6-10-23(27)13-21/h3-13,17-19,24,27H,14-16H2,1-2H3/t18-,19+,24?/m1/s1. The second-order valence-electron chi connectivity index (χ2n) is 7.86. The summed E-state index contributed by atoms with van der Waals surface area (Å²) in [6.07, 6.45) is 0. The molecule has 0 aliphatic carbocycles. The number of benzene rings is 2. The van der Waals surface area contributed by atoms with Crippen LogP contribution >= 0.6 is 11.3 Å². The van der Waals surface area contributed by atoms with Crippen molar-refractivity contribution in [3.63, 3.8) is 0 Å². The molecule has 146 valence electrons. The van der Waals surface area contributed by atoms with E-state index in [1.807, 2.05) is 12.1 Å². The van der Waals surface area contributed by atoms with Crippen LogP contribution in [0.4, 0.5) is 0 Å². The van der Waals surface area contributed by atoms with Gasteiger partial charge in [-0.2, -0.15) is 11.3 Å². The summed E-state index contributed by atoms with van der Waals surface area (Å²) in [5.41, 5.74) is 3.84. The van der Waals surface area contributed by atoms with Crippen LogP contribution in [0.5, 0.6) is 5.75 Å². The van der Waals surface area contributed by atoms with Crippen molar-refractivity contribution in [2.75, 3.05) is 13.1 Å². The van der Waals surface area contributed by atoms with Gasteiger partial charge in [-0.1, -0.05) is 42.5 Å². The fourth-order valence-electron chi connectivity index (χ4n) is 4.32. The average Bonchev–Trinajstić information content (AvgIpc) is 3.21. The van der Waals surface area contributed by atoms with E-state index in [2.05, 4.69) is 76.9 Å². The zero-order valence-electron chi connectivity index (χ0n) is 16.5. The first-order chi connectivity index (χ1) is 13.6. The van der Waals surface area contributed by atoms with Crippen LogP contribution in [0.15, 0.2) is 71.4 Å². The smallest absolute Gasteiger partial charge is 0.115 e. The highest BCUT2D eigenvalue weighted by Crippen LogP contribution is 2.35. The molecule has 0 saturated carbocycles. The van der Waals surface area contributed by atoms with Gasteiger partial charge >= 0.3 is 0 Å². The van der Waals surface area contributed by atoms with Crippen LogP contribution in [0.25, 0.3) is 0 Å². The Labute approximate surface area is 171 Å². The van der Waals surface area contributed by atoms with Crippen LogP contribution in [0, 0.1) is 0 Å². The van der Waals surface area contributed by atoms with E-state index in [4.69, 9.17) is 0 Å². The molecule has 1 aliphatic rings. The van der Waals surface area contributed by atoms with Crippen LogP contribution in [-0.2, 0) is 6.54 Å². The number of piperazine rings is 1. The molecule has 0 amide bonds. The second-order valence-corrected chi connectivity index (χ2v) is 8.64. The Morgan fingerprint density at radius 3 is 2.50 bits per heavy atom. The molecule has 0 radical (unpaired) electrons. The Bertz CT molecular complexity index is 881. The van der Waals surface area contributed by atoms with Gasteiger partial charge in [-0.15, -0.1) is 0 Å². The fourth-order valence-corrected chi connectivity index (χ4v) is 5.00. The maximum absolute atomic E-state index is 10.1. The fraction of sp³-hybridized carbons (Fsp3) is 0.333. The number of phenolic OH excluding ortho intramolecular Hbond substituents is 1. The Kier molecular flexibility index (Phi) is 5.81. The lowest BCUT2D eigenvalue weighted by molar-refractivity contribution is 0.0196. The molecule has 0 spiro atoms. The highest BCUT2D eigenvalue weighted by atomic mass is 32.1. The van der Waals surface area contributed by atoms with E-state index >= 15 is 0 Å². The van der Waals surface area contributed by atoms with Gasteiger partial charge in [-0.25, -0.2) is 0 Å². The minimum atomic E-state index is 0.176. The summed E-state index contributed by atoms with van der Waals surface area (Å²) in [5, 5.41) is 14.4. The Hall–Kier alpha value is -2.14. The third-order valence-corrected chi connectivity index (χ3v) is 6.47. The van der Waals surface area contributed by atoms with Crippen molar-refractivity contribution >= 4 is 11.3 Å². The van der Waals surface area contributed by atoms with E-state index in [-0.39, 0.29) is 6.04 Å². The summed E-state index contributed by atoms with van der Waals surface area (Å²) in [5.74, 6) is 0.334. The normalized spacial score (nSPS) is 22.2. The lowest BCUT2D eigenvalue weighted by Crippen LogP contribution is -2.56. The van der Waals surface area contributed by atoms with Crippen LogP contribution < -0.4 is 0 Å². The zero-order chi connectivity index (χ0) is 19.5. The summed E-state index contributed by atoms with van der Waals surface area (Å²) >= 11 is 1.74. The second kappa shape index (κ2) is 8.48. The topological polar surface area (TPSA) is 26.7 Å². The summed E-state index contributed by atoms with van der Waals surface area (Å²) in [4.78, 5) is 5.19. The third kappa shape index (κ3) is 4.14. The molecule has 1 aliphatic heterocycles. The van der Waals surface area contributed by atoms with Crippen molar-refractivity contribution in [3.8, 4) is 5.75 Å². The number of rotatable bonds is 5. The van der Waals surface area contributed by atoms with Gasteiger partial charge in [0.05, 0.1) is 6.04 Å². The monoisotopic (exact) mass is 392 g/mol. The average molecular weight is 393 g/mol. The van der Waals surface area contributed by atoms with Crippen molar-refractivity contribution in [1.82, 2.24) is 9.80 Å². The molecule has 3 atom stereocenters. The van der Waals surface area contributed by atoms with E-state index in [1.54, 1.807) is 17.4 Å². The molecule has 1 unspecified atom stereocenters. The molecule has 2 heterocycles. The first kappa shape index (κ1) is 19.2. The molecule has 3 aromatic rings. The Morgan fingerprint density at radius 1 is 0.964 bits per heavy atom. The van der Waals surface area contributed by atoms with Gasteiger partial charge in [0, 0.05) is 31.7 Å². The molecular weight excluding hydrogens is 364 g/mol. The highest BCUT2D eigenvalue weighted by Gasteiger charge is 2.35. The molecule has 1 saturated heterocycles.